The maximum absolute atomic E-state index is 12.4. The summed E-state index contributed by atoms with van der Waals surface area (Å²) in [5.41, 5.74) is 5.15. The van der Waals surface area contributed by atoms with Crippen molar-refractivity contribution in [3.63, 3.8) is 0 Å². The van der Waals surface area contributed by atoms with Gasteiger partial charge in [-0.3, -0.25) is 4.79 Å². The number of hydrogen-bond acceptors (Lipinski definition) is 2. The van der Waals surface area contributed by atoms with Gasteiger partial charge in [0, 0.05) is 17.0 Å². The zero-order valence-electron chi connectivity index (χ0n) is 12.8. The van der Waals surface area contributed by atoms with Gasteiger partial charge in [0.1, 0.15) is 0 Å². The number of carbonyl (C=O) groups excluding carboxylic acids is 1. The second-order valence-electron chi connectivity index (χ2n) is 5.05. The fourth-order valence-corrected chi connectivity index (χ4v) is 2.83. The third kappa shape index (κ3) is 3.88. The molecule has 0 bridgehead atoms. The maximum atomic E-state index is 12.4. The van der Waals surface area contributed by atoms with Gasteiger partial charge >= 0.3 is 0 Å². The molecule has 1 N–H and O–H groups in total. The number of amides is 1. The quantitative estimate of drug-likeness (QED) is 0.869. The van der Waals surface area contributed by atoms with Crippen LogP contribution in [0.2, 0.25) is 0 Å². The van der Waals surface area contributed by atoms with Crippen LogP contribution in [0.1, 0.15) is 34.0 Å². The third-order valence-corrected chi connectivity index (χ3v) is 4.13. The molecule has 2 aromatic rings. The standard InChI is InChI=1S/C18H21NOS/c1-4-15-7-5-6-13(2)17(15)19-18(20)16-10-8-14(9-11-16)12-21-3/h5-11H,4,12H2,1-3H3,(H,19,20). The van der Waals surface area contributed by atoms with Crippen LogP contribution < -0.4 is 5.32 Å². The van der Waals surface area contributed by atoms with Crippen LogP contribution in [0.3, 0.4) is 0 Å². The molecule has 3 heteroatoms. The minimum atomic E-state index is -0.0466. The average Bonchev–Trinajstić information content (AvgIpc) is 2.50. The first kappa shape index (κ1) is 15.6. The van der Waals surface area contributed by atoms with Crippen LogP contribution in [0, 0.1) is 6.92 Å². The van der Waals surface area contributed by atoms with E-state index in [0.717, 1.165) is 23.4 Å². The van der Waals surface area contributed by atoms with Gasteiger partial charge in [-0.05, 0) is 48.4 Å². The monoisotopic (exact) mass is 299 g/mol. The van der Waals surface area contributed by atoms with E-state index in [9.17, 15) is 4.79 Å². The van der Waals surface area contributed by atoms with E-state index in [-0.39, 0.29) is 5.91 Å². The van der Waals surface area contributed by atoms with Gasteiger partial charge in [-0.15, -0.1) is 0 Å². The Kier molecular flexibility index (Phi) is 5.45. The first-order valence-electron chi connectivity index (χ1n) is 7.13. The SMILES string of the molecule is CCc1cccc(C)c1NC(=O)c1ccc(CSC)cc1. The predicted octanol–water partition coefficient (Wildman–Crippen LogP) is 4.67. The zero-order chi connectivity index (χ0) is 15.2. The normalized spacial score (nSPS) is 10.4. The molecule has 21 heavy (non-hydrogen) atoms. The summed E-state index contributed by atoms with van der Waals surface area (Å²) < 4.78 is 0. The van der Waals surface area contributed by atoms with Crippen molar-refractivity contribution >= 4 is 23.4 Å². The van der Waals surface area contributed by atoms with E-state index in [1.54, 1.807) is 11.8 Å². The summed E-state index contributed by atoms with van der Waals surface area (Å²) in [6.45, 7) is 4.12. The highest BCUT2D eigenvalue weighted by Crippen LogP contribution is 2.22. The lowest BCUT2D eigenvalue weighted by atomic mass is 10.1. The fraction of sp³-hybridized carbons (Fsp3) is 0.278. The summed E-state index contributed by atoms with van der Waals surface area (Å²) >= 11 is 1.78. The molecule has 2 nitrogen and oxygen atoms in total. The van der Waals surface area contributed by atoms with E-state index in [4.69, 9.17) is 0 Å². The van der Waals surface area contributed by atoms with Gasteiger partial charge in [0.25, 0.3) is 5.91 Å². The van der Waals surface area contributed by atoms with Crippen LogP contribution in [0.25, 0.3) is 0 Å². The van der Waals surface area contributed by atoms with Crippen LogP contribution in [-0.2, 0) is 12.2 Å². The Morgan fingerprint density at radius 2 is 1.86 bits per heavy atom. The molecule has 0 radical (unpaired) electrons. The van der Waals surface area contributed by atoms with Crippen LogP contribution in [0.4, 0.5) is 5.69 Å². The molecule has 0 aromatic heterocycles. The predicted molar refractivity (Wildman–Crippen MR) is 92.2 cm³/mol. The van der Waals surface area contributed by atoms with Crippen molar-refractivity contribution in [1.82, 2.24) is 0 Å². The number of hydrogen-bond donors (Lipinski definition) is 1. The van der Waals surface area contributed by atoms with Gasteiger partial charge < -0.3 is 5.32 Å². The molecule has 2 aromatic carbocycles. The molecular formula is C18H21NOS. The Hall–Kier alpha value is -1.74. The Morgan fingerprint density at radius 1 is 1.14 bits per heavy atom. The first-order valence-corrected chi connectivity index (χ1v) is 8.52. The molecular weight excluding hydrogens is 278 g/mol. The molecule has 0 saturated carbocycles. The number of aryl methyl sites for hydroxylation is 2. The average molecular weight is 299 g/mol. The smallest absolute Gasteiger partial charge is 0.255 e. The summed E-state index contributed by atoms with van der Waals surface area (Å²) in [6.07, 6.45) is 2.98. The van der Waals surface area contributed by atoms with E-state index in [1.165, 1.54) is 11.1 Å². The number of para-hydroxylation sites is 1. The van der Waals surface area contributed by atoms with Crippen LogP contribution in [0.5, 0.6) is 0 Å². The topological polar surface area (TPSA) is 29.1 Å². The number of thioether (sulfide) groups is 1. The molecule has 0 spiro atoms. The van der Waals surface area contributed by atoms with E-state index >= 15 is 0 Å². The summed E-state index contributed by atoms with van der Waals surface area (Å²) in [6, 6.07) is 13.9. The van der Waals surface area contributed by atoms with Crippen LogP contribution in [0.15, 0.2) is 42.5 Å². The molecule has 1 amide bonds. The van der Waals surface area contributed by atoms with Crippen molar-refractivity contribution in [3.8, 4) is 0 Å². The van der Waals surface area contributed by atoms with Crippen molar-refractivity contribution in [2.45, 2.75) is 26.0 Å². The second-order valence-corrected chi connectivity index (χ2v) is 5.91. The van der Waals surface area contributed by atoms with Gasteiger partial charge in [0.2, 0.25) is 0 Å². The Balaban J connectivity index is 2.18. The van der Waals surface area contributed by atoms with E-state index < -0.39 is 0 Å². The van der Waals surface area contributed by atoms with Crippen molar-refractivity contribution in [1.29, 1.82) is 0 Å². The molecule has 110 valence electrons. The fourth-order valence-electron chi connectivity index (χ4n) is 2.31. The highest BCUT2D eigenvalue weighted by Gasteiger charge is 2.10. The minimum absolute atomic E-state index is 0.0466. The largest absolute Gasteiger partial charge is 0.321 e. The number of nitrogens with one attached hydrogen (secondary N) is 1. The van der Waals surface area contributed by atoms with Gasteiger partial charge in [-0.25, -0.2) is 0 Å². The zero-order valence-corrected chi connectivity index (χ0v) is 13.6. The third-order valence-electron chi connectivity index (χ3n) is 3.51. The van der Waals surface area contributed by atoms with Crippen LogP contribution >= 0.6 is 11.8 Å². The summed E-state index contributed by atoms with van der Waals surface area (Å²) in [5.74, 6) is 0.925. The molecule has 0 saturated heterocycles. The van der Waals surface area contributed by atoms with Gasteiger partial charge in [-0.1, -0.05) is 37.3 Å². The molecule has 0 fully saturated rings. The summed E-state index contributed by atoms with van der Waals surface area (Å²) in [7, 11) is 0. The molecule has 0 heterocycles. The Bertz CT molecular complexity index is 620. The highest BCUT2D eigenvalue weighted by atomic mass is 32.2. The van der Waals surface area contributed by atoms with E-state index in [1.807, 2.05) is 43.3 Å². The molecule has 2 rings (SSSR count). The molecule has 0 aliphatic rings. The van der Waals surface area contributed by atoms with Gasteiger partial charge in [0.05, 0.1) is 0 Å². The lowest BCUT2D eigenvalue weighted by Crippen LogP contribution is -2.14. The first-order chi connectivity index (χ1) is 10.2. The van der Waals surface area contributed by atoms with Gasteiger partial charge in [0.15, 0.2) is 0 Å². The molecule has 0 unspecified atom stereocenters. The molecule has 0 aliphatic carbocycles. The van der Waals surface area contributed by atoms with Crippen molar-refractivity contribution in [3.05, 3.63) is 64.7 Å². The van der Waals surface area contributed by atoms with Crippen molar-refractivity contribution in [2.24, 2.45) is 0 Å². The molecule has 0 aliphatic heterocycles. The highest BCUT2D eigenvalue weighted by molar-refractivity contribution is 7.97. The molecule has 0 atom stereocenters. The summed E-state index contributed by atoms with van der Waals surface area (Å²) in [5, 5.41) is 3.05. The lowest BCUT2D eigenvalue weighted by molar-refractivity contribution is 0.102. The number of rotatable bonds is 5. The van der Waals surface area contributed by atoms with Gasteiger partial charge in [-0.2, -0.15) is 11.8 Å². The maximum Gasteiger partial charge on any atom is 0.255 e. The number of carbonyl (C=O) groups is 1. The Morgan fingerprint density at radius 3 is 2.48 bits per heavy atom. The minimum Gasteiger partial charge on any atom is -0.321 e. The number of benzene rings is 2. The lowest BCUT2D eigenvalue weighted by Gasteiger charge is -2.13. The van der Waals surface area contributed by atoms with Crippen molar-refractivity contribution < 1.29 is 4.79 Å². The second kappa shape index (κ2) is 7.32. The number of anilines is 1. The Labute approximate surface area is 131 Å². The van der Waals surface area contributed by atoms with Crippen molar-refractivity contribution in [2.75, 3.05) is 11.6 Å². The summed E-state index contributed by atoms with van der Waals surface area (Å²) in [4.78, 5) is 12.4. The van der Waals surface area contributed by atoms with Crippen LogP contribution in [-0.4, -0.2) is 12.2 Å². The van der Waals surface area contributed by atoms with E-state index in [2.05, 4.69) is 24.6 Å². The van der Waals surface area contributed by atoms with E-state index in [0.29, 0.717) is 5.56 Å².